The highest BCUT2D eigenvalue weighted by molar-refractivity contribution is 7.15. The van der Waals surface area contributed by atoms with E-state index >= 15 is 0 Å². The molecule has 20 heavy (non-hydrogen) atoms. The quantitative estimate of drug-likeness (QED) is 0.720. The lowest BCUT2D eigenvalue weighted by molar-refractivity contribution is 1.28. The largest absolute Gasteiger partial charge is 0.399 e. The normalized spacial score (nSPS) is 10.7. The van der Waals surface area contributed by atoms with Crippen molar-refractivity contribution in [3.63, 3.8) is 0 Å². The molecule has 0 atom stereocenters. The molecule has 2 aromatic heterocycles. The minimum Gasteiger partial charge on any atom is -0.399 e. The lowest BCUT2D eigenvalue weighted by Crippen LogP contribution is -1.90. The average molecular weight is 281 g/mol. The van der Waals surface area contributed by atoms with Crippen molar-refractivity contribution < 1.29 is 0 Å². The first-order chi connectivity index (χ1) is 9.65. The molecule has 3 rings (SSSR count). The molecule has 0 radical (unpaired) electrons. The summed E-state index contributed by atoms with van der Waals surface area (Å²) in [4.78, 5) is 10.3. The van der Waals surface area contributed by atoms with Crippen molar-refractivity contribution in [2.45, 2.75) is 13.8 Å². The van der Waals surface area contributed by atoms with Crippen LogP contribution in [-0.4, -0.2) is 9.97 Å². The van der Waals surface area contributed by atoms with Gasteiger partial charge in [0.05, 0.1) is 11.4 Å². The number of anilines is 1. The van der Waals surface area contributed by atoms with E-state index in [1.165, 1.54) is 4.88 Å². The predicted octanol–water partition coefficient (Wildman–Crippen LogP) is 4.07. The fourth-order valence-electron chi connectivity index (χ4n) is 2.09. The summed E-state index contributed by atoms with van der Waals surface area (Å²) in [6.07, 6.45) is 1.79. The van der Waals surface area contributed by atoms with Gasteiger partial charge in [-0.05, 0) is 43.7 Å². The van der Waals surface area contributed by atoms with Gasteiger partial charge in [0.1, 0.15) is 5.01 Å². The molecule has 0 unspecified atom stereocenters. The Hall–Kier alpha value is -2.20. The second-order valence-corrected chi connectivity index (χ2v) is 5.91. The Morgan fingerprint density at radius 2 is 1.95 bits per heavy atom. The van der Waals surface area contributed by atoms with Crippen LogP contribution in [0.2, 0.25) is 0 Å². The summed E-state index contributed by atoms with van der Waals surface area (Å²) in [5.74, 6) is 0. The molecular weight excluding hydrogens is 266 g/mol. The number of nitrogens with zero attached hydrogens (tertiary/aromatic N) is 2. The summed E-state index contributed by atoms with van der Waals surface area (Å²) in [7, 11) is 0. The third-order valence-corrected chi connectivity index (χ3v) is 4.22. The number of aromatic nitrogens is 2. The number of hydrogen-bond donors (Lipinski definition) is 1. The standard InChI is InChI=1S/C16H15N3S/c1-10-9-12(6-7-13(10)17)15-11(2)20-16(19-15)14-5-3-4-8-18-14/h3-9H,17H2,1-2H3. The van der Waals surface area contributed by atoms with Gasteiger partial charge in [0.15, 0.2) is 0 Å². The maximum absolute atomic E-state index is 5.87. The van der Waals surface area contributed by atoms with Crippen molar-refractivity contribution in [3.8, 4) is 22.0 Å². The summed E-state index contributed by atoms with van der Waals surface area (Å²) in [5.41, 5.74) is 10.8. The van der Waals surface area contributed by atoms with Gasteiger partial charge < -0.3 is 5.73 Å². The maximum atomic E-state index is 5.87. The molecule has 2 heterocycles. The topological polar surface area (TPSA) is 51.8 Å². The molecule has 0 aliphatic rings. The van der Waals surface area contributed by atoms with Gasteiger partial charge in [-0.1, -0.05) is 12.1 Å². The Bertz CT molecular complexity index is 748. The minimum atomic E-state index is 0.812. The lowest BCUT2D eigenvalue weighted by atomic mass is 10.1. The summed E-state index contributed by atoms with van der Waals surface area (Å²) in [5, 5.41) is 0.951. The van der Waals surface area contributed by atoms with Crippen molar-refractivity contribution >= 4 is 17.0 Å². The van der Waals surface area contributed by atoms with E-state index in [1.807, 2.05) is 37.3 Å². The van der Waals surface area contributed by atoms with Gasteiger partial charge >= 0.3 is 0 Å². The molecular formula is C16H15N3S. The third kappa shape index (κ3) is 2.30. The summed E-state index contributed by atoms with van der Waals surface area (Å²) >= 11 is 1.67. The van der Waals surface area contributed by atoms with E-state index in [0.29, 0.717) is 0 Å². The Morgan fingerprint density at radius 1 is 1.10 bits per heavy atom. The molecule has 4 heteroatoms. The molecule has 0 bridgehead atoms. The number of pyridine rings is 1. The van der Waals surface area contributed by atoms with Crippen LogP contribution in [0.25, 0.3) is 22.0 Å². The zero-order chi connectivity index (χ0) is 14.1. The predicted molar refractivity (Wildman–Crippen MR) is 84.7 cm³/mol. The van der Waals surface area contributed by atoms with Gasteiger partial charge in [0.25, 0.3) is 0 Å². The van der Waals surface area contributed by atoms with Crippen LogP contribution in [0.3, 0.4) is 0 Å². The fourth-order valence-corrected chi connectivity index (χ4v) is 3.00. The summed E-state index contributed by atoms with van der Waals surface area (Å²) < 4.78 is 0. The molecule has 0 spiro atoms. The number of thiazole rings is 1. The number of rotatable bonds is 2. The minimum absolute atomic E-state index is 0.812. The number of nitrogens with two attached hydrogens (primary N) is 1. The zero-order valence-corrected chi connectivity index (χ0v) is 12.2. The van der Waals surface area contributed by atoms with E-state index in [1.54, 1.807) is 17.5 Å². The lowest BCUT2D eigenvalue weighted by Gasteiger charge is -2.03. The van der Waals surface area contributed by atoms with Gasteiger partial charge in [-0.15, -0.1) is 11.3 Å². The first kappa shape index (κ1) is 12.8. The Balaban J connectivity index is 2.07. The highest BCUT2D eigenvalue weighted by atomic mass is 32.1. The summed E-state index contributed by atoms with van der Waals surface area (Å²) in [6, 6.07) is 11.9. The van der Waals surface area contributed by atoms with Crippen molar-refractivity contribution in [1.29, 1.82) is 0 Å². The number of hydrogen-bond acceptors (Lipinski definition) is 4. The van der Waals surface area contributed by atoms with Gasteiger partial charge in [-0.25, -0.2) is 4.98 Å². The molecule has 0 amide bonds. The van der Waals surface area contributed by atoms with Gasteiger partial charge in [0.2, 0.25) is 0 Å². The summed E-state index contributed by atoms with van der Waals surface area (Å²) in [6.45, 7) is 4.10. The molecule has 2 N–H and O–H groups in total. The van der Waals surface area contributed by atoms with Gasteiger partial charge in [-0.3, -0.25) is 4.98 Å². The molecule has 0 saturated carbocycles. The molecule has 3 aromatic rings. The van der Waals surface area contributed by atoms with Crippen LogP contribution in [-0.2, 0) is 0 Å². The number of benzene rings is 1. The molecule has 1 aromatic carbocycles. The Labute approximate surface area is 122 Å². The molecule has 0 fully saturated rings. The van der Waals surface area contributed by atoms with Crippen molar-refractivity contribution in [2.24, 2.45) is 0 Å². The van der Waals surface area contributed by atoms with E-state index in [0.717, 1.165) is 33.2 Å². The van der Waals surface area contributed by atoms with E-state index in [2.05, 4.69) is 18.0 Å². The van der Waals surface area contributed by atoms with Crippen LogP contribution in [0.5, 0.6) is 0 Å². The van der Waals surface area contributed by atoms with Crippen LogP contribution < -0.4 is 5.73 Å². The molecule has 0 aliphatic heterocycles. The smallest absolute Gasteiger partial charge is 0.142 e. The number of nitrogen functional groups attached to an aromatic ring is 1. The van der Waals surface area contributed by atoms with E-state index < -0.39 is 0 Å². The van der Waals surface area contributed by atoms with Gasteiger partial charge in [-0.2, -0.15) is 0 Å². The van der Waals surface area contributed by atoms with E-state index in [4.69, 9.17) is 10.7 Å². The molecule has 0 saturated heterocycles. The average Bonchev–Trinajstić information content (AvgIpc) is 2.85. The van der Waals surface area contributed by atoms with Crippen molar-refractivity contribution in [2.75, 3.05) is 5.73 Å². The first-order valence-corrected chi connectivity index (χ1v) is 7.22. The van der Waals surface area contributed by atoms with Crippen LogP contribution in [0.15, 0.2) is 42.6 Å². The second-order valence-electron chi connectivity index (χ2n) is 4.71. The molecule has 3 nitrogen and oxygen atoms in total. The van der Waals surface area contributed by atoms with Crippen LogP contribution in [0, 0.1) is 13.8 Å². The van der Waals surface area contributed by atoms with Crippen LogP contribution in [0.4, 0.5) is 5.69 Å². The van der Waals surface area contributed by atoms with E-state index in [-0.39, 0.29) is 0 Å². The molecule has 100 valence electrons. The zero-order valence-electron chi connectivity index (χ0n) is 11.4. The van der Waals surface area contributed by atoms with Gasteiger partial charge in [0, 0.05) is 22.3 Å². The van der Waals surface area contributed by atoms with Crippen molar-refractivity contribution in [3.05, 3.63) is 53.0 Å². The van der Waals surface area contributed by atoms with Crippen LogP contribution >= 0.6 is 11.3 Å². The SMILES string of the molecule is Cc1cc(-c2nc(-c3ccccn3)sc2C)ccc1N. The third-order valence-electron chi connectivity index (χ3n) is 3.22. The maximum Gasteiger partial charge on any atom is 0.142 e. The Morgan fingerprint density at radius 3 is 2.65 bits per heavy atom. The number of aryl methyl sites for hydroxylation is 2. The fraction of sp³-hybridized carbons (Fsp3) is 0.125. The highest BCUT2D eigenvalue weighted by Gasteiger charge is 2.12. The second kappa shape index (κ2) is 5.06. The first-order valence-electron chi connectivity index (χ1n) is 6.40. The molecule has 0 aliphatic carbocycles. The van der Waals surface area contributed by atoms with E-state index in [9.17, 15) is 0 Å². The Kier molecular flexibility index (Phi) is 3.24. The highest BCUT2D eigenvalue weighted by Crippen LogP contribution is 2.33. The van der Waals surface area contributed by atoms with Crippen LogP contribution in [0.1, 0.15) is 10.4 Å². The monoisotopic (exact) mass is 281 g/mol. The van der Waals surface area contributed by atoms with Crippen molar-refractivity contribution in [1.82, 2.24) is 9.97 Å².